The second kappa shape index (κ2) is 11.8. The van der Waals surface area contributed by atoms with Crippen molar-refractivity contribution in [3.05, 3.63) is 100 Å². The molecule has 8 heteroatoms. The van der Waals surface area contributed by atoms with Gasteiger partial charge in [-0.3, -0.25) is 9.59 Å². The molecule has 3 aromatic carbocycles. The van der Waals surface area contributed by atoms with E-state index in [9.17, 15) is 9.59 Å². The Hall–Kier alpha value is -4.72. The molecule has 2 N–H and O–H groups in total. The molecule has 0 radical (unpaired) electrons. The molecule has 0 aromatic heterocycles. The van der Waals surface area contributed by atoms with E-state index in [0.29, 0.717) is 58.4 Å². The number of hydrogen-bond donors (Lipinski definition) is 2. The third-order valence-corrected chi connectivity index (χ3v) is 7.76. The third kappa shape index (κ3) is 5.25. The van der Waals surface area contributed by atoms with E-state index in [1.165, 1.54) is 0 Å². The molecule has 5 rings (SSSR count). The highest BCUT2D eigenvalue weighted by Gasteiger charge is 2.42. The summed E-state index contributed by atoms with van der Waals surface area (Å²) in [5.74, 6) is 1.38. The summed E-state index contributed by atoms with van der Waals surface area (Å²) in [6, 6.07) is 20.5. The molecule has 0 saturated heterocycles. The Bertz CT molecular complexity index is 1560. The zero-order valence-corrected chi connectivity index (χ0v) is 23.9. The number of benzene rings is 3. The summed E-state index contributed by atoms with van der Waals surface area (Å²) in [4.78, 5) is 28.0. The van der Waals surface area contributed by atoms with Crippen LogP contribution in [0.4, 0.5) is 5.69 Å². The minimum absolute atomic E-state index is 0.0236. The quantitative estimate of drug-likeness (QED) is 0.368. The molecule has 1 aliphatic carbocycles. The van der Waals surface area contributed by atoms with Crippen LogP contribution in [0.3, 0.4) is 0 Å². The van der Waals surface area contributed by atoms with Crippen LogP contribution in [0.2, 0.25) is 0 Å². The van der Waals surface area contributed by atoms with E-state index in [-0.39, 0.29) is 17.6 Å². The molecule has 0 saturated carbocycles. The lowest BCUT2D eigenvalue weighted by Gasteiger charge is -2.37. The summed E-state index contributed by atoms with van der Waals surface area (Å²) in [7, 11) is 6.35. The number of para-hydroxylation sites is 3. The number of ether oxygens (including phenoxy) is 4. The van der Waals surface area contributed by atoms with Crippen molar-refractivity contribution < 1.29 is 28.5 Å². The molecular weight excluding hydrogens is 520 g/mol. The van der Waals surface area contributed by atoms with E-state index < -0.39 is 5.92 Å². The molecule has 212 valence electrons. The highest BCUT2D eigenvalue weighted by atomic mass is 16.5. The molecule has 1 aliphatic heterocycles. The van der Waals surface area contributed by atoms with Crippen molar-refractivity contribution in [1.82, 2.24) is 5.32 Å². The Kier molecular flexibility index (Phi) is 8.01. The topological polar surface area (TPSA) is 95.1 Å². The number of hydrogen-bond acceptors (Lipinski definition) is 7. The van der Waals surface area contributed by atoms with Crippen molar-refractivity contribution in [1.29, 1.82) is 0 Å². The van der Waals surface area contributed by atoms with Gasteiger partial charge in [-0.2, -0.15) is 0 Å². The molecule has 0 spiro atoms. The standard InChI is InChI=1S/C33H34N2O6/c1-19-30(33(37)35-23-11-7-9-13-27(23)39-3)31(22-10-6-8-12-26(22)38-2)32-24(34-19)16-21(17-25(32)36)20-14-15-28(40-4)29(18-20)41-5/h6-15,18,21,31,34H,16-17H2,1-5H3,(H,35,37). The first-order valence-corrected chi connectivity index (χ1v) is 13.4. The predicted octanol–water partition coefficient (Wildman–Crippen LogP) is 5.72. The smallest absolute Gasteiger partial charge is 0.254 e. The zero-order valence-electron chi connectivity index (χ0n) is 23.9. The fourth-order valence-electron chi connectivity index (χ4n) is 5.84. The summed E-state index contributed by atoms with van der Waals surface area (Å²) in [6.07, 6.45) is 0.892. The summed E-state index contributed by atoms with van der Waals surface area (Å²) in [6.45, 7) is 1.87. The van der Waals surface area contributed by atoms with Gasteiger partial charge in [0.25, 0.3) is 5.91 Å². The largest absolute Gasteiger partial charge is 0.496 e. The first-order valence-electron chi connectivity index (χ1n) is 13.4. The van der Waals surface area contributed by atoms with Crippen molar-refractivity contribution in [2.75, 3.05) is 33.8 Å². The van der Waals surface area contributed by atoms with E-state index in [1.54, 1.807) is 40.6 Å². The van der Waals surface area contributed by atoms with Gasteiger partial charge in [0.15, 0.2) is 17.3 Å². The second-order valence-corrected chi connectivity index (χ2v) is 10.0. The summed E-state index contributed by atoms with van der Waals surface area (Å²) in [5, 5.41) is 6.44. The molecule has 0 bridgehead atoms. The van der Waals surface area contributed by atoms with Crippen LogP contribution < -0.4 is 29.6 Å². The van der Waals surface area contributed by atoms with E-state index in [4.69, 9.17) is 18.9 Å². The van der Waals surface area contributed by atoms with Gasteiger partial charge in [-0.15, -0.1) is 0 Å². The molecule has 1 amide bonds. The number of nitrogens with one attached hydrogen (secondary N) is 2. The Morgan fingerprint density at radius 3 is 2.17 bits per heavy atom. The van der Waals surface area contributed by atoms with Crippen molar-refractivity contribution >= 4 is 17.4 Å². The number of ketones is 1. The number of Topliss-reactive ketones (excluding diaryl/α,β-unsaturated/α-hetero) is 1. The lowest BCUT2D eigenvalue weighted by Crippen LogP contribution is -2.37. The second-order valence-electron chi connectivity index (χ2n) is 10.0. The average molecular weight is 555 g/mol. The molecular formula is C33H34N2O6. The number of anilines is 1. The van der Waals surface area contributed by atoms with Crippen LogP contribution in [0.1, 0.15) is 42.7 Å². The third-order valence-electron chi connectivity index (χ3n) is 7.76. The van der Waals surface area contributed by atoms with Gasteiger partial charge in [0, 0.05) is 34.5 Å². The lowest BCUT2D eigenvalue weighted by atomic mass is 9.71. The normalized spacial score (nSPS) is 18.3. The molecule has 8 nitrogen and oxygen atoms in total. The van der Waals surface area contributed by atoms with Gasteiger partial charge in [-0.1, -0.05) is 36.4 Å². The molecule has 2 atom stereocenters. The van der Waals surface area contributed by atoms with Gasteiger partial charge in [0.1, 0.15) is 11.5 Å². The fourth-order valence-corrected chi connectivity index (χ4v) is 5.84. The van der Waals surface area contributed by atoms with Crippen LogP contribution in [0.15, 0.2) is 89.3 Å². The van der Waals surface area contributed by atoms with Crippen molar-refractivity contribution in [3.8, 4) is 23.0 Å². The first kappa shape index (κ1) is 27.8. The number of dihydropyridines is 1. The van der Waals surface area contributed by atoms with Crippen LogP contribution in [0.25, 0.3) is 0 Å². The average Bonchev–Trinajstić information content (AvgIpc) is 2.99. The summed E-state index contributed by atoms with van der Waals surface area (Å²) < 4.78 is 22.1. The van der Waals surface area contributed by atoms with Crippen LogP contribution in [-0.2, 0) is 9.59 Å². The van der Waals surface area contributed by atoms with E-state index >= 15 is 0 Å². The van der Waals surface area contributed by atoms with Gasteiger partial charge in [0.05, 0.1) is 40.0 Å². The van der Waals surface area contributed by atoms with Crippen LogP contribution >= 0.6 is 0 Å². The highest BCUT2D eigenvalue weighted by molar-refractivity contribution is 6.10. The maximum absolute atomic E-state index is 14.0. The lowest BCUT2D eigenvalue weighted by molar-refractivity contribution is -0.116. The number of amides is 1. The summed E-state index contributed by atoms with van der Waals surface area (Å²) in [5.41, 5.74) is 4.81. The number of carbonyl (C=O) groups is 2. The van der Waals surface area contributed by atoms with Gasteiger partial charge in [-0.25, -0.2) is 0 Å². The Morgan fingerprint density at radius 1 is 0.805 bits per heavy atom. The molecule has 3 aromatic rings. The molecule has 41 heavy (non-hydrogen) atoms. The SMILES string of the molecule is COc1ccccc1NC(=O)C1=C(C)NC2=C(C(=O)CC(c3ccc(OC)c(OC)c3)C2)C1c1ccccc1OC. The molecule has 2 aliphatic rings. The molecule has 2 unspecified atom stereocenters. The Balaban J connectivity index is 1.58. The van der Waals surface area contributed by atoms with Gasteiger partial charge < -0.3 is 29.6 Å². The monoisotopic (exact) mass is 554 g/mol. The Morgan fingerprint density at radius 2 is 1.46 bits per heavy atom. The highest BCUT2D eigenvalue weighted by Crippen LogP contribution is 2.48. The van der Waals surface area contributed by atoms with Crippen molar-refractivity contribution in [3.63, 3.8) is 0 Å². The van der Waals surface area contributed by atoms with Gasteiger partial charge >= 0.3 is 0 Å². The van der Waals surface area contributed by atoms with Crippen LogP contribution in [-0.4, -0.2) is 40.1 Å². The maximum atomic E-state index is 14.0. The van der Waals surface area contributed by atoms with E-state index in [1.807, 2.05) is 61.5 Å². The molecule has 0 fully saturated rings. The van der Waals surface area contributed by atoms with Crippen LogP contribution in [0.5, 0.6) is 23.0 Å². The number of rotatable bonds is 8. The van der Waals surface area contributed by atoms with Crippen molar-refractivity contribution in [2.45, 2.75) is 31.6 Å². The van der Waals surface area contributed by atoms with Gasteiger partial charge in [0.2, 0.25) is 0 Å². The molecule has 1 heterocycles. The van der Waals surface area contributed by atoms with Crippen molar-refractivity contribution in [2.24, 2.45) is 0 Å². The minimum atomic E-state index is -0.615. The predicted molar refractivity (Wildman–Crippen MR) is 157 cm³/mol. The fraction of sp³-hybridized carbons (Fsp3) is 0.273. The minimum Gasteiger partial charge on any atom is -0.496 e. The van der Waals surface area contributed by atoms with E-state index in [2.05, 4.69) is 10.6 Å². The number of carbonyl (C=O) groups excluding carboxylic acids is 2. The number of methoxy groups -OCH3 is 4. The maximum Gasteiger partial charge on any atom is 0.254 e. The van der Waals surface area contributed by atoms with Crippen LogP contribution in [0, 0.1) is 0 Å². The van der Waals surface area contributed by atoms with Gasteiger partial charge in [-0.05, 0) is 55.2 Å². The first-order chi connectivity index (χ1) is 19.9. The number of allylic oxidation sites excluding steroid dienone is 3. The summed E-state index contributed by atoms with van der Waals surface area (Å²) >= 11 is 0. The Labute approximate surface area is 240 Å². The van der Waals surface area contributed by atoms with E-state index in [0.717, 1.165) is 16.8 Å². The zero-order chi connectivity index (χ0) is 29.1.